The minimum Gasteiger partial charge on any atom is -0.454 e. The fourth-order valence-electron chi connectivity index (χ4n) is 3.13. The van der Waals surface area contributed by atoms with Crippen LogP contribution in [0.4, 0.5) is 20.2 Å². The van der Waals surface area contributed by atoms with Crippen molar-refractivity contribution in [2.45, 2.75) is 11.8 Å². The number of hydrogen-bond acceptors (Lipinski definition) is 4. The first kappa shape index (κ1) is 19.8. The molecule has 0 unspecified atom stereocenters. The Morgan fingerprint density at radius 2 is 1.60 bits per heavy atom. The number of carbonyl (C=O) groups excluding carboxylic acids is 1. The molecule has 1 N–H and O–H groups in total. The van der Waals surface area contributed by atoms with E-state index in [1.54, 1.807) is 19.2 Å². The van der Waals surface area contributed by atoms with Gasteiger partial charge in [0, 0.05) is 18.8 Å². The molecule has 1 aliphatic rings. The number of halogens is 2. The predicted molar refractivity (Wildman–Crippen MR) is 108 cm³/mol. The zero-order chi connectivity index (χ0) is 21.6. The molecule has 154 valence electrons. The van der Waals surface area contributed by atoms with E-state index in [1.807, 2.05) is 13.0 Å². The average molecular weight is 430 g/mol. The van der Waals surface area contributed by atoms with Crippen LogP contribution in [0.15, 0.2) is 59.5 Å². The summed E-state index contributed by atoms with van der Waals surface area (Å²) in [4.78, 5) is 13.8. The Balaban J connectivity index is 1.71. The van der Waals surface area contributed by atoms with Gasteiger partial charge in [0.15, 0.2) is 5.75 Å². The number of sulfonamides is 1. The number of anilines is 2. The minimum absolute atomic E-state index is 0.0471. The van der Waals surface area contributed by atoms with Crippen LogP contribution in [0, 0.1) is 18.6 Å². The number of benzene rings is 3. The highest BCUT2D eigenvalue weighted by Gasteiger charge is 2.27. The third-order valence-electron chi connectivity index (χ3n) is 4.61. The average Bonchev–Trinajstić information content (AvgIpc) is 2.77. The van der Waals surface area contributed by atoms with Gasteiger partial charge in [0.05, 0.1) is 16.1 Å². The molecule has 0 aliphatic carbocycles. The zero-order valence-corrected chi connectivity index (χ0v) is 16.8. The summed E-state index contributed by atoms with van der Waals surface area (Å²) in [5.41, 5.74) is 1.70. The van der Waals surface area contributed by atoms with Gasteiger partial charge in [-0.15, -0.1) is 0 Å². The van der Waals surface area contributed by atoms with Crippen molar-refractivity contribution in [1.82, 2.24) is 0 Å². The molecule has 1 heterocycles. The molecule has 1 aliphatic heterocycles. The first-order valence-electron chi connectivity index (χ1n) is 8.83. The summed E-state index contributed by atoms with van der Waals surface area (Å²) in [7, 11) is -2.69. The van der Waals surface area contributed by atoms with Crippen LogP contribution < -0.4 is 14.4 Å². The van der Waals surface area contributed by atoms with Crippen LogP contribution in [-0.2, 0) is 10.0 Å². The van der Waals surface area contributed by atoms with Gasteiger partial charge >= 0.3 is 0 Å². The highest BCUT2D eigenvalue weighted by molar-refractivity contribution is 7.92. The molecule has 0 radical (unpaired) electrons. The Hall–Kier alpha value is -3.46. The molecule has 4 rings (SSSR count). The van der Waals surface area contributed by atoms with Crippen LogP contribution in [0.1, 0.15) is 15.9 Å². The van der Waals surface area contributed by atoms with E-state index in [0.29, 0.717) is 29.6 Å². The number of nitrogens with zero attached hydrogens (tertiary/aromatic N) is 1. The lowest BCUT2D eigenvalue weighted by atomic mass is 10.1. The summed E-state index contributed by atoms with van der Waals surface area (Å²) < 4.78 is 60.0. The van der Waals surface area contributed by atoms with Crippen molar-refractivity contribution in [3.8, 4) is 11.5 Å². The minimum atomic E-state index is -4.28. The van der Waals surface area contributed by atoms with E-state index < -0.39 is 32.5 Å². The molecule has 0 bridgehead atoms. The SMILES string of the molecule is Cc1ccc2c(c1)N(C)C(=O)c1cc(NS(=O)(=O)c3cc(F)cc(F)c3)ccc1O2. The highest BCUT2D eigenvalue weighted by Crippen LogP contribution is 2.39. The van der Waals surface area contributed by atoms with E-state index in [1.165, 1.54) is 23.1 Å². The Morgan fingerprint density at radius 1 is 0.933 bits per heavy atom. The van der Waals surface area contributed by atoms with Crippen LogP contribution in [0.25, 0.3) is 0 Å². The van der Waals surface area contributed by atoms with Crippen molar-refractivity contribution in [2.24, 2.45) is 0 Å². The molecule has 0 saturated heterocycles. The van der Waals surface area contributed by atoms with Gasteiger partial charge in [-0.05, 0) is 55.0 Å². The number of fused-ring (bicyclic) bond motifs is 2. The fraction of sp³-hybridized carbons (Fsp3) is 0.0952. The van der Waals surface area contributed by atoms with Gasteiger partial charge in [-0.1, -0.05) is 6.07 Å². The monoisotopic (exact) mass is 430 g/mol. The van der Waals surface area contributed by atoms with E-state index in [9.17, 15) is 22.0 Å². The molecule has 0 fully saturated rings. The van der Waals surface area contributed by atoms with Crippen LogP contribution in [0.3, 0.4) is 0 Å². The summed E-state index contributed by atoms with van der Waals surface area (Å²) in [5.74, 6) is -1.69. The lowest BCUT2D eigenvalue weighted by molar-refractivity contribution is 0.0993. The summed E-state index contributed by atoms with van der Waals surface area (Å²) in [6.45, 7) is 1.89. The van der Waals surface area contributed by atoms with Gasteiger partial charge < -0.3 is 9.64 Å². The number of hydrogen-bond donors (Lipinski definition) is 1. The molecule has 0 spiro atoms. The first-order chi connectivity index (χ1) is 14.1. The molecular weight excluding hydrogens is 414 g/mol. The van der Waals surface area contributed by atoms with Gasteiger partial charge in [-0.2, -0.15) is 0 Å². The number of amides is 1. The Labute approximate surface area is 171 Å². The number of carbonyl (C=O) groups is 1. The molecule has 0 atom stereocenters. The number of rotatable bonds is 3. The smallest absolute Gasteiger partial charge is 0.262 e. The van der Waals surface area contributed by atoms with Crippen molar-refractivity contribution >= 4 is 27.3 Å². The van der Waals surface area contributed by atoms with Gasteiger partial charge in [-0.3, -0.25) is 9.52 Å². The predicted octanol–water partition coefficient (Wildman–Crippen LogP) is 4.46. The summed E-state index contributed by atoms with van der Waals surface area (Å²) in [6, 6.07) is 11.6. The normalized spacial score (nSPS) is 13.2. The maximum Gasteiger partial charge on any atom is 0.262 e. The van der Waals surface area contributed by atoms with Crippen molar-refractivity contribution in [2.75, 3.05) is 16.7 Å². The van der Waals surface area contributed by atoms with Gasteiger partial charge in [0.2, 0.25) is 0 Å². The Kier molecular flexibility index (Phi) is 4.70. The van der Waals surface area contributed by atoms with E-state index in [2.05, 4.69) is 4.72 Å². The van der Waals surface area contributed by atoms with Crippen LogP contribution in [0.5, 0.6) is 11.5 Å². The van der Waals surface area contributed by atoms with E-state index >= 15 is 0 Å². The lowest BCUT2D eigenvalue weighted by Crippen LogP contribution is -2.25. The van der Waals surface area contributed by atoms with Crippen molar-refractivity contribution in [3.05, 3.63) is 77.4 Å². The van der Waals surface area contributed by atoms with Crippen molar-refractivity contribution < 1.29 is 26.7 Å². The van der Waals surface area contributed by atoms with E-state index in [0.717, 1.165) is 5.56 Å². The summed E-state index contributed by atoms with van der Waals surface area (Å²) in [5, 5.41) is 0. The quantitative estimate of drug-likeness (QED) is 0.666. The van der Waals surface area contributed by atoms with Gasteiger partial charge in [0.1, 0.15) is 17.4 Å². The Bertz CT molecular complexity index is 1270. The zero-order valence-electron chi connectivity index (χ0n) is 15.9. The molecule has 3 aromatic carbocycles. The second kappa shape index (κ2) is 7.10. The topological polar surface area (TPSA) is 75.7 Å². The van der Waals surface area contributed by atoms with Crippen molar-refractivity contribution in [3.63, 3.8) is 0 Å². The molecule has 9 heteroatoms. The summed E-state index contributed by atoms with van der Waals surface area (Å²) in [6.07, 6.45) is 0. The molecule has 0 aromatic heterocycles. The Morgan fingerprint density at radius 3 is 2.30 bits per heavy atom. The molecule has 6 nitrogen and oxygen atoms in total. The second-order valence-electron chi connectivity index (χ2n) is 6.86. The maximum atomic E-state index is 13.4. The molecular formula is C21H16F2N2O4S. The highest BCUT2D eigenvalue weighted by atomic mass is 32.2. The van der Waals surface area contributed by atoms with Gasteiger partial charge in [0.25, 0.3) is 15.9 Å². The number of nitrogens with one attached hydrogen (secondary N) is 1. The third-order valence-corrected chi connectivity index (χ3v) is 5.97. The van der Waals surface area contributed by atoms with E-state index in [-0.39, 0.29) is 17.0 Å². The third kappa shape index (κ3) is 3.59. The standard InChI is InChI=1S/C21H16F2N2O4S/c1-12-3-5-20-18(7-12)25(2)21(26)17-11-15(4-6-19(17)29-20)24-30(27,28)16-9-13(22)8-14(23)10-16/h3-11,24H,1-2H3. The summed E-state index contributed by atoms with van der Waals surface area (Å²) >= 11 is 0. The molecule has 1 amide bonds. The van der Waals surface area contributed by atoms with Crippen LogP contribution in [0.2, 0.25) is 0 Å². The molecule has 3 aromatic rings. The number of aryl methyl sites for hydroxylation is 1. The molecule has 0 saturated carbocycles. The van der Waals surface area contributed by atoms with Crippen LogP contribution in [-0.4, -0.2) is 21.4 Å². The largest absolute Gasteiger partial charge is 0.454 e. The van der Waals surface area contributed by atoms with Gasteiger partial charge in [-0.25, -0.2) is 17.2 Å². The number of ether oxygens (including phenoxy) is 1. The maximum absolute atomic E-state index is 13.4. The van der Waals surface area contributed by atoms with Crippen molar-refractivity contribution in [1.29, 1.82) is 0 Å². The first-order valence-corrected chi connectivity index (χ1v) is 10.3. The molecule has 30 heavy (non-hydrogen) atoms. The fourth-order valence-corrected chi connectivity index (χ4v) is 4.22. The second-order valence-corrected chi connectivity index (χ2v) is 8.54. The lowest BCUT2D eigenvalue weighted by Gasteiger charge is -2.17. The van der Waals surface area contributed by atoms with Crippen LogP contribution >= 0.6 is 0 Å². The van der Waals surface area contributed by atoms with E-state index in [4.69, 9.17) is 4.74 Å².